The predicted octanol–water partition coefficient (Wildman–Crippen LogP) is 4.33. The summed E-state index contributed by atoms with van der Waals surface area (Å²) in [5.74, 6) is -0.135. The van der Waals surface area contributed by atoms with Crippen molar-refractivity contribution in [2.75, 3.05) is 0 Å². The van der Waals surface area contributed by atoms with Gasteiger partial charge in [-0.25, -0.2) is 5.10 Å². The van der Waals surface area contributed by atoms with E-state index < -0.39 is 17.2 Å². The fourth-order valence-electron chi connectivity index (χ4n) is 5.77. The van der Waals surface area contributed by atoms with Gasteiger partial charge in [0.05, 0.1) is 46.0 Å². The highest BCUT2D eigenvalue weighted by Crippen LogP contribution is 2.52. The fraction of sp³-hybridized carbons (Fsp3) is 0.345. The highest BCUT2D eigenvalue weighted by atomic mass is 19.4. The number of aromatic amines is 1. The van der Waals surface area contributed by atoms with Gasteiger partial charge in [-0.05, 0) is 73.6 Å². The first-order chi connectivity index (χ1) is 19.2. The molecule has 1 fully saturated rings. The third kappa shape index (κ3) is 4.53. The van der Waals surface area contributed by atoms with Crippen molar-refractivity contribution >= 4 is 16.7 Å². The number of rotatable bonds is 6. The molecule has 3 heterocycles. The van der Waals surface area contributed by atoms with Gasteiger partial charge in [-0.3, -0.25) is 19.6 Å². The maximum Gasteiger partial charge on any atom is 0.417 e. The number of aryl methyl sites for hydroxylation is 1. The Morgan fingerprint density at radius 1 is 1.12 bits per heavy atom. The summed E-state index contributed by atoms with van der Waals surface area (Å²) in [5, 5.41) is 7.57. The fourth-order valence-corrected chi connectivity index (χ4v) is 5.77. The van der Waals surface area contributed by atoms with E-state index in [2.05, 4.69) is 20.2 Å². The molecule has 0 unspecified atom stereocenters. The third-order valence-corrected chi connectivity index (χ3v) is 8.06. The zero-order valence-corrected chi connectivity index (χ0v) is 21.5. The Hall–Kier alpha value is -4.12. The molecule has 0 radical (unpaired) electrons. The van der Waals surface area contributed by atoms with E-state index in [0.29, 0.717) is 41.4 Å². The number of hydrogen-bond acceptors (Lipinski definition) is 6. The zero-order chi connectivity index (χ0) is 28.1. The lowest BCUT2D eigenvalue weighted by Gasteiger charge is -2.37. The van der Waals surface area contributed by atoms with Crippen LogP contribution >= 0.6 is 0 Å². The molecule has 3 N–H and O–H groups in total. The number of H-pyrrole nitrogens is 1. The van der Waals surface area contributed by atoms with E-state index in [0.717, 1.165) is 41.9 Å². The number of nitrogens with one attached hydrogen (secondary N) is 1. The Bertz CT molecular complexity index is 1650. The maximum absolute atomic E-state index is 14.5. The highest BCUT2D eigenvalue weighted by Gasteiger charge is 2.54. The van der Waals surface area contributed by atoms with Crippen LogP contribution in [0, 0.1) is 0 Å². The average Bonchev–Trinajstić information content (AvgIpc) is 3.77. The summed E-state index contributed by atoms with van der Waals surface area (Å²) in [6.07, 6.45) is 1.59. The molecular weight excluding hydrogens is 521 g/mol. The molecule has 2 aliphatic carbocycles. The topological polar surface area (TPSA) is 118 Å². The number of hydrogen-bond donors (Lipinski definition) is 2. The second-order valence-corrected chi connectivity index (χ2v) is 10.5. The first-order valence-corrected chi connectivity index (χ1v) is 13.2. The number of amides is 1. The summed E-state index contributed by atoms with van der Waals surface area (Å²) in [4.78, 5) is 37.3. The van der Waals surface area contributed by atoms with Gasteiger partial charge in [0, 0.05) is 24.3 Å². The Morgan fingerprint density at radius 3 is 2.65 bits per heavy atom. The van der Waals surface area contributed by atoms with E-state index in [-0.39, 0.29) is 30.6 Å². The van der Waals surface area contributed by atoms with Crippen molar-refractivity contribution < 1.29 is 18.0 Å². The molecule has 4 aromatic rings. The van der Waals surface area contributed by atoms with Crippen LogP contribution in [-0.4, -0.2) is 31.0 Å². The van der Waals surface area contributed by atoms with Crippen LogP contribution in [0.5, 0.6) is 0 Å². The summed E-state index contributed by atoms with van der Waals surface area (Å²) in [6, 6.07) is 11.2. The van der Waals surface area contributed by atoms with Crippen LogP contribution < -0.4 is 11.3 Å². The lowest BCUT2D eigenvalue weighted by molar-refractivity contribution is -0.139. The van der Waals surface area contributed by atoms with Gasteiger partial charge in [-0.15, -0.1) is 0 Å². The Kier molecular flexibility index (Phi) is 6.41. The molecule has 1 amide bonds. The summed E-state index contributed by atoms with van der Waals surface area (Å²) < 4.78 is 39.5. The molecule has 0 bridgehead atoms. The van der Waals surface area contributed by atoms with Crippen molar-refractivity contribution in [2.45, 2.75) is 62.8 Å². The lowest BCUT2D eigenvalue weighted by Crippen LogP contribution is -2.43. The Balaban J connectivity index is 1.41. The number of carbonyl (C=O) groups excluding carboxylic acids is 1. The molecule has 1 atom stereocenters. The minimum absolute atomic E-state index is 0.0439. The maximum atomic E-state index is 14.5. The van der Waals surface area contributed by atoms with E-state index >= 15 is 0 Å². The summed E-state index contributed by atoms with van der Waals surface area (Å²) in [5.41, 5.74) is 7.37. The van der Waals surface area contributed by atoms with Crippen LogP contribution in [0.4, 0.5) is 13.2 Å². The summed E-state index contributed by atoms with van der Waals surface area (Å²) >= 11 is 0. The number of carbonyl (C=O) groups is 1. The molecule has 3 aromatic heterocycles. The molecule has 0 saturated heterocycles. The number of halogens is 3. The molecule has 8 nitrogen and oxygen atoms in total. The molecular formula is C29H27F3N6O2. The first kappa shape index (κ1) is 26.1. The Labute approximate surface area is 227 Å². The zero-order valence-electron chi connectivity index (χ0n) is 21.5. The van der Waals surface area contributed by atoms with Gasteiger partial charge < -0.3 is 10.6 Å². The molecule has 1 saturated carbocycles. The number of aromatic nitrogens is 4. The van der Waals surface area contributed by atoms with E-state index in [9.17, 15) is 22.8 Å². The summed E-state index contributed by atoms with van der Waals surface area (Å²) in [7, 11) is 0. The van der Waals surface area contributed by atoms with Crippen LogP contribution in [0.3, 0.4) is 0 Å². The van der Waals surface area contributed by atoms with Gasteiger partial charge in [0.2, 0.25) is 5.91 Å². The number of nitrogens with two attached hydrogens (primary N) is 1. The van der Waals surface area contributed by atoms with Gasteiger partial charge in [-0.1, -0.05) is 12.1 Å². The molecule has 11 heteroatoms. The van der Waals surface area contributed by atoms with Gasteiger partial charge in [-0.2, -0.15) is 18.3 Å². The number of fused-ring (bicyclic) bond motifs is 2. The second-order valence-electron chi connectivity index (χ2n) is 10.5. The molecule has 0 aliphatic heterocycles. The van der Waals surface area contributed by atoms with Crippen LogP contribution in [0.25, 0.3) is 10.8 Å². The molecule has 206 valence electrons. The van der Waals surface area contributed by atoms with Gasteiger partial charge in [0.1, 0.15) is 0 Å². The number of nitrogens with zero attached hydrogens (tertiary/aromatic N) is 4. The molecule has 1 aromatic carbocycles. The van der Waals surface area contributed by atoms with Crippen molar-refractivity contribution in [3.05, 3.63) is 99.0 Å². The van der Waals surface area contributed by atoms with Crippen molar-refractivity contribution in [3.8, 4) is 0 Å². The third-order valence-electron chi connectivity index (χ3n) is 8.06. The van der Waals surface area contributed by atoms with Gasteiger partial charge in [0.15, 0.2) is 0 Å². The van der Waals surface area contributed by atoms with E-state index in [1.165, 1.54) is 6.07 Å². The van der Waals surface area contributed by atoms with E-state index in [4.69, 9.17) is 5.73 Å². The molecule has 2 aliphatic rings. The molecule has 6 rings (SSSR count). The SMILES string of the molecule is NCc1n[nH]c(=O)c2ccc(C3(C(=O)N(Cc4ccc(C(F)(F)F)cn4)[C@H]4CCCc5cccnc54)CC3)cc12. The normalized spacial score (nSPS) is 17.9. The average molecular weight is 549 g/mol. The summed E-state index contributed by atoms with van der Waals surface area (Å²) in [6.45, 7) is 0.163. The monoisotopic (exact) mass is 548 g/mol. The van der Waals surface area contributed by atoms with Crippen molar-refractivity contribution in [1.82, 2.24) is 25.1 Å². The minimum atomic E-state index is -4.50. The van der Waals surface area contributed by atoms with Crippen LogP contribution in [0.1, 0.15) is 65.5 Å². The minimum Gasteiger partial charge on any atom is -0.327 e. The molecule has 40 heavy (non-hydrogen) atoms. The van der Waals surface area contributed by atoms with E-state index in [1.54, 1.807) is 23.2 Å². The standard InChI is InChI=1S/C29H27F3N6O2/c30-29(31,32)19-6-8-20(35-15-19)16-38(24-5-1-3-17-4-2-12-34-25(17)24)27(40)28(10-11-28)18-7-9-21-22(13-18)23(14-33)36-37-26(21)39/h2,4,6-9,12-13,15,24H,1,3,5,10-11,14,16,33H2,(H,37,39)/t24-/m0/s1. The first-order valence-electron chi connectivity index (χ1n) is 13.2. The Morgan fingerprint density at radius 2 is 1.95 bits per heavy atom. The second kappa shape index (κ2) is 9.81. The van der Waals surface area contributed by atoms with Crippen molar-refractivity contribution in [1.29, 1.82) is 0 Å². The van der Waals surface area contributed by atoms with E-state index in [1.807, 2.05) is 18.2 Å². The van der Waals surface area contributed by atoms with Crippen LogP contribution in [0.2, 0.25) is 0 Å². The highest BCUT2D eigenvalue weighted by molar-refractivity contribution is 5.94. The van der Waals surface area contributed by atoms with Crippen LogP contribution in [0.15, 0.2) is 59.7 Å². The number of alkyl halides is 3. The largest absolute Gasteiger partial charge is 0.417 e. The number of pyridine rings is 2. The quantitative estimate of drug-likeness (QED) is 0.371. The smallest absolute Gasteiger partial charge is 0.327 e. The van der Waals surface area contributed by atoms with Crippen molar-refractivity contribution in [2.24, 2.45) is 5.73 Å². The number of benzene rings is 1. The lowest BCUT2D eigenvalue weighted by atomic mass is 9.87. The molecule has 0 spiro atoms. The predicted molar refractivity (Wildman–Crippen MR) is 141 cm³/mol. The van der Waals surface area contributed by atoms with Crippen LogP contribution in [-0.2, 0) is 35.9 Å². The van der Waals surface area contributed by atoms with Gasteiger partial charge in [0.25, 0.3) is 5.56 Å². The van der Waals surface area contributed by atoms with Crippen molar-refractivity contribution in [3.63, 3.8) is 0 Å². The van der Waals surface area contributed by atoms with Gasteiger partial charge >= 0.3 is 6.18 Å².